The summed E-state index contributed by atoms with van der Waals surface area (Å²) in [6.45, 7) is 19.3. The van der Waals surface area contributed by atoms with Gasteiger partial charge in [-0.25, -0.2) is 9.59 Å². The fraction of sp³-hybridized carbons (Fsp3) is 0.364. The largest absolute Gasteiger partial charge is 0.445 e. The lowest BCUT2D eigenvalue weighted by Crippen LogP contribution is -2.64. The van der Waals surface area contributed by atoms with Crippen LogP contribution in [0.1, 0.15) is 114 Å². The number of nitrogens with one attached hydrogen (secondary N) is 10. The van der Waals surface area contributed by atoms with Crippen LogP contribution in [0.15, 0.2) is 243 Å². The topological polar surface area (TPSA) is 316 Å². The molecule has 0 radical (unpaired) electrons. The Morgan fingerprint density at radius 3 is 0.791 bits per heavy atom. The smallest absolute Gasteiger partial charge is 0.408 e. The van der Waals surface area contributed by atoms with Crippen molar-refractivity contribution in [1.29, 1.82) is 0 Å². The first-order valence-corrected chi connectivity index (χ1v) is 37.4. The van der Waals surface area contributed by atoms with Crippen molar-refractivity contribution in [3.63, 3.8) is 0 Å². The quantitative estimate of drug-likeness (QED) is 0.0174. The molecule has 0 aliphatic rings. The maximum atomic E-state index is 14.4. The first kappa shape index (κ1) is 86.2. The summed E-state index contributed by atoms with van der Waals surface area (Å²) in [5.74, 6) is -3.79. The van der Waals surface area contributed by atoms with Gasteiger partial charge in [0.15, 0.2) is 0 Å². The molecule has 0 aliphatic heterocycles. The lowest BCUT2D eigenvalue weighted by molar-refractivity contribution is -0.135. The van der Waals surface area contributed by atoms with E-state index < -0.39 is 107 Å². The van der Waals surface area contributed by atoms with Crippen LogP contribution in [-0.4, -0.2) is 118 Å². The summed E-state index contributed by atoms with van der Waals surface area (Å²) in [6, 6.07) is 66.2. The number of carbonyl (C=O) groups excluding carboxylic acids is 8. The molecule has 22 heteroatoms. The van der Waals surface area contributed by atoms with Crippen molar-refractivity contribution in [2.45, 2.75) is 182 Å². The molecule has 0 heterocycles. The third-order valence-electron chi connectivity index (χ3n) is 18.4. The summed E-state index contributed by atoms with van der Waals surface area (Å²) in [6.07, 6.45) is -4.18. The first-order chi connectivity index (χ1) is 52.6. The van der Waals surface area contributed by atoms with Gasteiger partial charge in [-0.2, -0.15) is 0 Å². The van der Waals surface area contributed by atoms with E-state index in [-0.39, 0.29) is 75.9 Å². The van der Waals surface area contributed by atoms with Crippen LogP contribution >= 0.6 is 0 Å². The van der Waals surface area contributed by atoms with E-state index in [1.165, 1.54) is 0 Å². The molecule has 584 valence electrons. The highest BCUT2D eigenvalue weighted by Crippen LogP contribution is 2.24. The van der Waals surface area contributed by atoms with Gasteiger partial charge in [-0.15, -0.1) is 0 Å². The summed E-state index contributed by atoms with van der Waals surface area (Å²) < 4.78 is 10.8. The molecule has 0 saturated heterocycles. The molecule has 0 aromatic heterocycles. The van der Waals surface area contributed by atoms with E-state index in [1.807, 2.05) is 284 Å². The lowest BCUT2D eigenvalue weighted by atomic mass is 9.85. The number of alkyl carbamates (subject to hydrolysis) is 2. The first-order valence-electron chi connectivity index (χ1n) is 37.4. The second kappa shape index (κ2) is 43.8. The minimum Gasteiger partial charge on any atom is -0.445 e. The van der Waals surface area contributed by atoms with Gasteiger partial charge in [0.1, 0.15) is 49.5 Å². The number of hydrogen-bond donors (Lipinski definition) is 12. The third-order valence-corrected chi connectivity index (χ3v) is 18.4. The van der Waals surface area contributed by atoms with Gasteiger partial charge in [0, 0.05) is 26.2 Å². The average Bonchev–Trinajstić information content (AvgIpc) is 0.824. The zero-order valence-corrected chi connectivity index (χ0v) is 64.7. The predicted octanol–water partition coefficient (Wildman–Crippen LogP) is 10.1. The Hall–Kier alpha value is -11.0. The standard InChI is InChI=1S/2C44H55N5O6/c2*1-30(2)36(48-43(54)55-29-34-24-16-9-17-25-34)40(51)47-35(26-31-18-10-6-11-19-31)38(50)37(45-27-32-20-12-7-13-21-32)41(52)49-39(44(3,4)5)42(53)46-28-33-22-14-8-15-23-33/h2*6-25,30,35-39,45,50H,26-29H2,1-5H3,(H,46,53)(H,47,51)(H,48,54)(H,49,52)/t35-,36-,37+,38+,39?;35-,36-,37+,38+,39+/m00/s1. The Morgan fingerprint density at radius 2 is 0.536 bits per heavy atom. The van der Waals surface area contributed by atoms with Crippen LogP contribution in [0.2, 0.25) is 0 Å². The van der Waals surface area contributed by atoms with Gasteiger partial charge in [0.25, 0.3) is 0 Å². The summed E-state index contributed by atoms with van der Waals surface area (Å²) in [5, 5.41) is 53.8. The summed E-state index contributed by atoms with van der Waals surface area (Å²) in [4.78, 5) is 110. The molecule has 0 aliphatic carbocycles. The van der Waals surface area contributed by atoms with E-state index in [2.05, 4.69) is 53.2 Å². The molecule has 110 heavy (non-hydrogen) atoms. The zero-order valence-electron chi connectivity index (χ0n) is 64.7. The molecule has 22 nitrogen and oxygen atoms in total. The van der Waals surface area contributed by atoms with Crippen molar-refractivity contribution in [1.82, 2.24) is 53.2 Å². The van der Waals surface area contributed by atoms with Crippen molar-refractivity contribution in [2.24, 2.45) is 22.7 Å². The number of aliphatic hydroxyl groups is 2. The van der Waals surface area contributed by atoms with Crippen LogP contribution in [-0.2, 0) is 90.5 Å². The molecule has 8 aromatic rings. The SMILES string of the molecule is CC(C)[C@H](NC(=O)OCc1ccccc1)C(=O)N[C@@H](Cc1ccccc1)[C@@H](O)[C@@H](NCc1ccccc1)C(=O)NC(C(=O)NCc1ccccc1)C(C)(C)C.CC(C)[C@H](NC(=O)OCc1ccccc1)C(=O)N[C@@H](Cc1ccccc1)[C@@H](O)[C@@H](NCc1ccccc1)C(=O)N[C@H](C(=O)NCc1ccccc1)C(C)(C)C. The van der Waals surface area contributed by atoms with Crippen LogP contribution < -0.4 is 53.2 Å². The predicted molar refractivity (Wildman–Crippen MR) is 426 cm³/mol. The lowest BCUT2D eigenvalue weighted by Gasteiger charge is -2.35. The van der Waals surface area contributed by atoms with Crippen LogP contribution in [0.3, 0.4) is 0 Å². The molecule has 8 aromatic carbocycles. The Labute approximate surface area is 647 Å². The second-order valence-electron chi connectivity index (χ2n) is 30.2. The Kier molecular flexibility index (Phi) is 34.3. The number of aliphatic hydroxyl groups excluding tert-OH is 2. The molecule has 0 bridgehead atoms. The van der Waals surface area contributed by atoms with Crippen LogP contribution in [0.4, 0.5) is 9.59 Å². The van der Waals surface area contributed by atoms with Gasteiger partial charge in [-0.1, -0.05) is 312 Å². The second-order valence-corrected chi connectivity index (χ2v) is 30.2. The van der Waals surface area contributed by atoms with Gasteiger partial charge in [0.2, 0.25) is 35.4 Å². The van der Waals surface area contributed by atoms with Gasteiger partial charge in [0.05, 0.1) is 24.3 Å². The minimum absolute atomic E-state index is 0.0260. The summed E-state index contributed by atoms with van der Waals surface area (Å²) >= 11 is 0. The van der Waals surface area contributed by atoms with Gasteiger partial charge < -0.3 is 62.2 Å². The van der Waals surface area contributed by atoms with E-state index in [4.69, 9.17) is 9.47 Å². The molecule has 0 fully saturated rings. The minimum atomic E-state index is -1.49. The van der Waals surface area contributed by atoms with Gasteiger partial charge in [-0.3, -0.25) is 39.4 Å². The number of benzene rings is 8. The van der Waals surface area contributed by atoms with Crippen LogP contribution in [0.5, 0.6) is 0 Å². The fourth-order valence-electron chi connectivity index (χ4n) is 12.1. The molecule has 12 N–H and O–H groups in total. The molecule has 8 rings (SSSR count). The molecule has 1 unspecified atom stereocenters. The van der Waals surface area contributed by atoms with Crippen molar-refractivity contribution in [3.8, 4) is 0 Å². The zero-order chi connectivity index (χ0) is 79.6. The highest BCUT2D eigenvalue weighted by Gasteiger charge is 2.42. The van der Waals surface area contributed by atoms with Crippen LogP contribution in [0.25, 0.3) is 0 Å². The Balaban J connectivity index is 0.000000306. The Morgan fingerprint density at radius 1 is 0.300 bits per heavy atom. The highest BCUT2D eigenvalue weighted by molar-refractivity contribution is 5.92. The Bertz CT molecular complexity index is 3840. The fourth-order valence-corrected chi connectivity index (χ4v) is 12.1. The number of carbonyl (C=O) groups is 8. The van der Waals surface area contributed by atoms with Crippen LogP contribution in [0, 0.1) is 22.7 Å². The van der Waals surface area contributed by atoms with Crippen molar-refractivity contribution >= 4 is 47.6 Å². The molecule has 0 spiro atoms. The number of hydrogen-bond acceptors (Lipinski definition) is 14. The summed E-state index contributed by atoms with van der Waals surface area (Å²) in [5.41, 5.74) is 5.34. The van der Waals surface area contributed by atoms with Crippen molar-refractivity contribution in [2.75, 3.05) is 0 Å². The van der Waals surface area contributed by atoms with E-state index in [0.29, 0.717) is 0 Å². The van der Waals surface area contributed by atoms with E-state index in [0.717, 1.165) is 44.5 Å². The third kappa shape index (κ3) is 29.2. The molecular formula is C88H110N10O12. The number of rotatable bonds is 36. The van der Waals surface area contributed by atoms with E-state index in [9.17, 15) is 48.6 Å². The summed E-state index contributed by atoms with van der Waals surface area (Å²) in [7, 11) is 0. The van der Waals surface area contributed by atoms with Crippen molar-refractivity contribution in [3.05, 3.63) is 287 Å². The maximum Gasteiger partial charge on any atom is 0.408 e. The monoisotopic (exact) mass is 1500 g/mol. The van der Waals surface area contributed by atoms with Crippen molar-refractivity contribution < 1.29 is 58.0 Å². The van der Waals surface area contributed by atoms with Gasteiger partial charge >= 0.3 is 12.2 Å². The number of amides is 8. The van der Waals surface area contributed by atoms with Gasteiger partial charge in [-0.05, 0) is 80.0 Å². The highest BCUT2D eigenvalue weighted by atomic mass is 16.6. The maximum absolute atomic E-state index is 14.4. The van der Waals surface area contributed by atoms with E-state index >= 15 is 0 Å². The molecule has 8 amide bonds. The average molecular weight is 1500 g/mol. The molecular weight excluding hydrogens is 1390 g/mol. The number of ether oxygens (including phenoxy) is 2. The molecule has 10 atom stereocenters. The van der Waals surface area contributed by atoms with E-state index in [1.54, 1.807) is 27.7 Å². The molecule has 0 saturated carbocycles. The normalized spacial score (nSPS) is 14.1.